The van der Waals surface area contributed by atoms with E-state index in [1.807, 2.05) is 6.92 Å². The van der Waals surface area contributed by atoms with E-state index in [0.29, 0.717) is 6.42 Å². The van der Waals surface area contributed by atoms with Crippen molar-refractivity contribution >= 4 is 17.7 Å². The van der Waals surface area contributed by atoms with Crippen molar-refractivity contribution in [2.45, 2.75) is 32.9 Å². The largest absolute Gasteiger partial charge is 0.480 e. The van der Waals surface area contributed by atoms with Gasteiger partial charge in [-0.05, 0) is 10.8 Å². The summed E-state index contributed by atoms with van der Waals surface area (Å²) in [5.74, 6) is -2.26. The summed E-state index contributed by atoms with van der Waals surface area (Å²) in [7, 11) is 0. The number of carboxylic acid groups (broad SMARTS) is 1. The maximum absolute atomic E-state index is 11.7. The summed E-state index contributed by atoms with van der Waals surface area (Å²) in [5, 5.41) is 25.4. The second kappa shape index (κ2) is 6.64. The van der Waals surface area contributed by atoms with Crippen molar-refractivity contribution in [3.8, 4) is 0 Å². The Morgan fingerprint density at radius 3 is 2.70 bits per heavy atom. The molecule has 2 N–H and O–H groups in total. The summed E-state index contributed by atoms with van der Waals surface area (Å²) in [6.07, 6.45) is 1.89. The number of hydrogen-bond donors (Lipinski definition) is 2. The highest BCUT2D eigenvalue weighted by Gasteiger charge is 2.25. The van der Waals surface area contributed by atoms with Gasteiger partial charge < -0.3 is 20.5 Å². The minimum atomic E-state index is -1.11. The van der Waals surface area contributed by atoms with Gasteiger partial charge in [0.1, 0.15) is 12.6 Å². The molecular weight excluding hydrogens is 268 g/mol. The Balaban J connectivity index is 2.65. The lowest BCUT2D eigenvalue weighted by Gasteiger charge is -2.19. The molecule has 9 heteroatoms. The molecule has 0 bridgehead atoms. The first-order chi connectivity index (χ1) is 9.35. The number of rotatable bonds is 7. The Morgan fingerprint density at radius 1 is 1.60 bits per heavy atom. The van der Waals surface area contributed by atoms with Crippen LogP contribution in [0.1, 0.15) is 20.3 Å². The Hall–Kier alpha value is -2.45. The number of amides is 1. The van der Waals surface area contributed by atoms with E-state index >= 15 is 0 Å². The number of carbonyl (C=O) groups excluding carboxylic acids is 1. The summed E-state index contributed by atoms with van der Waals surface area (Å²) >= 11 is 0. The molecule has 2 atom stereocenters. The zero-order valence-corrected chi connectivity index (χ0v) is 11.1. The average molecular weight is 284 g/mol. The van der Waals surface area contributed by atoms with E-state index < -0.39 is 22.8 Å². The molecule has 0 saturated heterocycles. The molecule has 1 aromatic heterocycles. The van der Waals surface area contributed by atoms with Gasteiger partial charge in [0.25, 0.3) is 0 Å². The molecular formula is C11H16N4O5. The fourth-order valence-electron chi connectivity index (χ4n) is 1.59. The van der Waals surface area contributed by atoms with Crippen LogP contribution in [0.3, 0.4) is 0 Å². The van der Waals surface area contributed by atoms with Crippen molar-refractivity contribution in [3.63, 3.8) is 0 Å². The van der Waals surface area contributed by atoms with Gasteiger partial charge in [-0.25, -0.2) is 4.79 Å². The Labute approximate surface area is 114 Å². The van der Waals surface area contributed by atoms with Crippen LogP contribution in [0.15, 0.2) is 12.3 Å². The SMILES string of the molecule is CCC(C)[C@H](NC(=O)Cn1ccc([N+](=O)[O-])n1)C(=O)O. The minimum Gasteiger partial charge on any atom is -0.480 e. The van der Waals surface area contributed by atoms with Crippen molar-refractivity contribution in [2.24, 2.45) is 5.92 Å². The average Bonchev–Trinajstić information content (AvgIpc) is 2.83. The first-order valence-electron chi connectivity index (χ1n) is 6.05. The fourth-order valence-corrected chi connectivity index (χ4v) is 1.59. The van der Waals surface area contributed by atoms with E-state index in [1.54, 1.807) is 6.92 Å². The predicted octanol–water partition coefficient (Wildman–Crippen LogP) is 0.407. The van der Waals surface area contributed by atoms with Gasteiger partial charge >= 0.3 is 11.8 Å². The van der Waals surface area contributed by atoms with Crippen molar-refractivity contribution in [3.05, 3.63) is 22.4 Å². The van der Waals surface area contributed by atoms with Gasteiger partial charge in [-0.3, -0.25) is 4.79 Å². The number of carbonyl (C=O) groups is 2. The third-order valence-corrected chi connectivity index (χ3v) is 2.91. The number of aromatic nitrogens is 2. The second-order valence-corrected chi connectivity index (χ2v) is 4.40. The molecule has 0 aromatic carbocycles. The Kier molecular flexibility index (Phi) is 5.18. The van der Waals surface area contributed by atoms with Gasteiger partial charge in [-0.15, -0.1) is 0 Å². The van der Waals surface area contributed by atoms with Gasteiger partial charge in [0.15, 0.2) is 0 Å². The topological polar surface area (TPSA) is 127 Å². The summed E-state index contributed by atoms with van der Waals surface area (Å²) in [4.78, 5) is 32.6. The van der Waals surface area contributed by atoms with Gasteiger partial charge in [0.2, 0.25) is 5.91 Å². The number of hydrogen-bond acceptors (Lipinski definition) is 5. The van der Waals surface area contributed by atoms with Crippen LogP contribution in [-0.2, 0) is 16.1 Å². The zero-order chi connectivity index (χ0) is 15.3. The van der Waals surface area contributed by atoms with E-state index in [4.69, 9.17) is 5.11 Å². The van der Waals surface area contributed by atoms with Crippen LogP contribution in [0.4, 0.5) is 5.82 Å². The molecule has 20 heavy (non-hydrogen) atoms. The highest BCUT2D eigenvalue weighted by atomic mass is 16.6. The monoisotopic (exact) mass is 284 g/mol. The van der Waals surface area contributed by atoms with Gasteiger partial charge in [-0.2, -0.15) is 4.68 Å². The van der Waals surface area contributed by atoms with Crippen LogP contribution in [0.2, 0.25) is 0 Å². The first kappa shape index (κ1) is 15.6. The molecule has 0 aliphatic heterocycles. The number of carboxylic acids is 1. The second-order valence-electron chi connectivity index (χ2n) is 4.40. The van der Waals surface area contributed by atoms with Gasteiger partial charge in [0, 0.05) is 0 Å². The van der Waals surface area contributed by atoms with Crippen LogP contribution >= 0.6 is 0 Å². The molecule has 0 spiro atoms. The van der Waals surface area contributed by atoms with Gasteiger partial charge in [0.05, 0.1) is 17.4 Å². The molecule has 1 aromatic rings. The Bertz CT molecular complexity index is 513. The summed E-state index contributed by atoms with van der Waals surface area (Å²) in [5.41, 5.74) is 0. The molecule has 0 aliphatic carbocycles. The molecule has 1 rings (SSSR count). The lowest BCUT2D eigenvalue weighted by molar-refractivity contribution is -0.389. The highest BCUT2D eigenvalue weighted by molar-refractivity contribution is 5.83. The number of nitro groups is 1. The van der Waals surface area contributed by atoms with Gasteiger partial charge in [-0.1, -0.05) is 20.3 Å². The van der Waals surface area contributed by atoms with Crippen LogP contribution in [-0.4, -0.2) is 37.7 Å². The fraction of sp³-hybridized carbons (Fsp3) is 0.545. The Morgan fingerprint density at radius 2 is 2.25 bits per heavy atom. The smallest absolute Gasteiger partial charge is 0.389 e. The van der Waals surface area contributed by atoms with Crippen LogP contribution in [0.5, 0.6) is 0 Å². The molecule has 110 valence electrons. The van der Waals surface area contributed by atoms with Crippen molar-refractivity contribution in [1.82, 2.24) is 15.1 Å². The van der Waals surface area contributed by atoms with Crippen molar-refractivity contribution in [1.29, 1.82) is 0 Å². The van der Waals surface area contributed by atoms with Crippen molar-refractivity contribution in [2.75, 3.05) is 0 Å². The number of nitrogens with one attached hydrogen (secondary N) is 1. The quantitative estimate of drug-likeness (QED) is 0.551. The van der Waals surface area contributed by atoms with E-state index in [2.05, 4.69) is 10.4 Å². The normalized spacial score (nSPS) is 13.5. The number of nitrogens with zero attached hydrogens (tertiary/aromatic N) is 3. The molecule has 0 radical (unpaired) electrons. The molecule has 1 heterocycles. The minimum absolute atomic E-state index is 0.219. The molecule has 0 fully saturated rings. The first-order valence-corrected chi connectivity index (χ1v) is 6.05. The van der Waals surface area contributed by atoms with Crippen LogP contribution in [0, 0.1) is 16.0 Å². The van der Waals surface area contributed by atoms with E-state index in [1.165, 1.54) is 6.20 Å². The summed E-state index contributed by atoms with van der Waals surface area (Å²) in [6.45, 7) is 3.27. The van der Waals surface area contributed by atoms with Crippen LogP contribution in [0.25, 0.3) is 0 Å². The molecule has 0 aliphatic rings. The summed E-state index contributed by atoms with van der Waals surface area (Å²) < 4.78 is 1.09. The number of aliphatic carboxylic acids is 1. The lowest BCUT2D eigenvalue weighted by Crippen LogP contribution is -2.46. The standard InChI is InChI=1S/C11H16N4O5/c1-3-7(2)10(11(17)18)12-9(16)6-14-5-4-8(13-14)15(19)20/h4-5,7,10H,3,6H2,1-2H3,(H,12,16)(H,17,18)/t7?,10-/m0/s1. The molecule has 9 nitrogen and oxygen atoms in total. The highest BCUT2D eigenvalue weighted by Crippen LogP contribution is 2.08. The third-order valence-electron chi connectivity index (χ3n) is 2.91. The van der Waals surface area contributed by atoms with E-state index in [0.717, 1.165) is 10.7 Å². The molecule has 0 saturated carbocycles. The maximum Gasteiger partial charge on any atom is 0.389 e. The third kappa shape index (κ3) is 4.04. The van der Waals surface area contributed by atoms with Crippen molar-refractivity contribution < 1.29 is 19.6 Å². The maximum atomic E-state index is 11.7. The zero-order valence-electron chi connectivity index (χ0n) is 11.1. The lowest BCUT2D eigenvalue weighted by atomic mass is 9.99. The van der Waals surface area contributed by atoms with E-state index in [9.17, 15) is 19.7 Å². The molecule has 1 unspecified atom stereocenters. The van der Waals surface area contributed by atoms with E-state index in [-0.39, 0.29) is 18.3 Å². The van der Waals surface area contributed by atoms with Crippen LogP contribution < -0.4 is 5.32 Å². The molecule has 1 amide bonds. The predicted molar refractivity (Wildman–Crippen MR) is 67.9 cm³/mol. The summed E-state index contributed by atoms with van der Waals surface area (Å²) in [6, 6.07) is 0.175.